The van der Waals surface area contributed by atoms with Crippen LogP contribution in [0.25, 0.3) is 0 Å². The molecule has 7 heteroatoms. The first kappa shape index (κ1) is 16.5. The molecule has 5 nitrogen and oxygen atoms in total. The SMILES string of the molecule is CCCC1CCCCN1C(=O)Cc1ccc(S(N)(=O)=O)s1. The Morgan fingerprint density at radius 3 is 2.81 bits per heavy atom. The summed E-state index contributed by atoms with van der Waals surface area (Å²) in [4.78, 5) is 15.2. The summed E-state index contributed by atoms with van der Waals surface area (Å²) in [5.74, 6) is 0.0935. The summed E-state index contributed by atoms with van der Waals surface area (Å²) in [7, 11) is -3.67. The van der Waals surface area contributed by atoms with E-state index < -0.39 is 10.0 Å². The van der Waals surface area contributed by atoms with Gasteiger partial charge in [-0.1, -0.05) is 13.3 Å². The van der Waals surface area contributed by atoms with E-state index in [1.165, 1.54) is 12.5 Å². The highest BCUT2D eigenvalue weighted by Gasteiger charge is 2.26. The maximum atomic E-state index is 12.5. The minimum atomic E-state index is -3.67. The first-order valence-corrected chi connectivity index (χ1v) is 9.69. The highest BCUT2D eigenvalue weighted by molar-refractivity contribution is 7.91. The number of carbonyl (C=O) groups is 1. The largest absolute Gasteiger partial charge is 0.339 e. The number of likely N-dealkylation sites (tertiary alicyclic amines) is 1. The van der Waals surface area contributed by atoms with Crippen LogP contribution in [0.15, 0.2) is 16.3 Å². The van der Waals surface area contributed by atoms with Crippen molar-refractivity contribution >= 4 is 27.3 Å². The Bertz CT molecular complexity index is 593. The molecule has 2 heterocycles. The molecule has 0 spiro atoms. The second kappa shape index (κ2) is 6.89. The van der Waals surface area contributed by atoms with Crippen molar-refractivity contribution in [1.82, 2.24) is 4.90 Å². The maximum absolute atomic E-state index is 12.5. The Labute approximate surface area is 130 Å². The Morgan fingerprint density at radius 2 is 2.19 bits per heavy atom. The summed E-state index contributed by atoms with van der Waals surface area (Å²) in [5, 5.41) is 5.09. The van der Waals surface area contributed by atoms with E-state index in [0.29, 0.717) is 6.04 Å². The predicted molar refractivity (Wildman–Crippen MR) is 83.7 cm³/mol. The Kier molecular flexibility index (Phi) is 5.40. The van der Waals surface area contributed by atoms with Crippen LogP contribution in [0.2, 0.25) is 0 Å². The third-order valence-corrected chi connectivity index (χ3v) is 6.34. The van der Waals surface area contributed by atoms with E-state index >= 15 is 0 Å². The fourth-order valence-corrected chi connectivity index (χ4v) is 4.59. The molecule has 1 aliphatic heterocycles. The molecule has 1 aliphatic rings. The molecule has 1 amide bonds. The topological polar surface area (TPSA) is 80.5 Å². The first-order valence-electron chi connectivity index (χ1n) is 7.32. The quantitative estimate of drug-likeness (QED) is 0.898. The fourth-order valence-electron chi connectivity index (χ4n) is 2.82. The van der Waals surface area contributed by atoms with Gasteiger partial charge in [0.1, 0.15) is 4.21 Å². The molecule has 1 saturated heterocycles. The van der Waals surface area contributed by atoms with Gasteiger partial charge >= 0.3 is 0 Å². The summed E-state index contributed by atoms with van der Waals surface area (Å²) in [6, 6.07) is 3.50. The number of hydrogen-bond acceptors (Lipinski definition) is 4. The average molecular weight is 330 g/mol. The third-order valence-electron chi connectivity index (χ3n) is 3.81. The van der Waals surface area contributed by atoms with Crippen LogP contribution >= 0.6 is 11.3 Å². The zero-order valence-electron chi connectivity index (χ0n) is 12.2. The molecular formula is C14H22N2O3S2. The van der Waals surface area contributed by atoms with Crippen LogP contribution in [0.5, 0.6) is 0 Å². The van der Waals surface area contributed by atoms with Crippen molar-refractivity contribution in [3.63, 3.8) is 0 Å². The zero-order valence-corrected chi connectivity index (χ0v) is 13.9. The number of nitrogens with zero attached hydrogens (tertiary/aromatic N) is 1. The second-order valence-electron chi connectivity index (χ2n) is 5.47. The van der Waals surface area contributed by atoms with Gasteiger partial charge in [-0.25, -0.2) is 13.6 Å². The van der Waals surface area contributed by atoms with Crippen molar-refractivity contribution in [2.45, 2.75) is 55.7 Å². The van der Waals surface area contributed by atoms with Crippen molar-refractivity contribution in [2.24, 2.45) is 5.14 Å². The van der Waals surface area contributed by atoms with Crippen LogP contribution in [0.1, 0.15) is 43.9 Å². The zero-order chi connectivity index (χ0) is 15.5. The van der Waals surface area contributed by atoms with E-state index in [1.54, 1.807) is 6.07 Å². The molecule has 21 heavy (non-hydrogen) atoms. The lowest BCUT2D eigenvalue weighted by Gasteiger charge is -2.35. The number of amides is 1. The van der Waals surface area contributed by atoms with Gasteiger partial charge in [0.2, 0.25) is 15.9 Å². The van der Waals surface area contributed by atoms with Gasteiger partial charge in [-0.15, -0.1) is 11.3 Å². The third kappa shape index (κ3) is 4.28. The van der Waals surface area contributed by atoms with E-state index in [4.69, 9.17) is 5.14 Å². The Balaban J connectivity index is 2.04. The molecule has 1 atom stereocenters. The van der Waals surface area contributed by atoms with E-state index in [2.05, 4.69) is 6.92 Å². The molecule has 1 fully saturated rings. The van der Waals surface area contributed by atoms with E-state index in [9.17, 15) is 13.2 Å². The molecule has 118 valence electrons. The average Bonchev–Trinajstić information content (AvgIpc) is 2.88. The molecule has 0 aromatic carbocycles. The molecule has 2 N–H and O–H groups in total. The number of nitrogens with two attached hydrogens (primary N) is 1. The standard InChI is InChI=1S/C14H22N2O3S2/c1-2-5-11-6-3-4-9-16(11)13(17)10-12-7-8-14(20-12)21(15,18)19/h7-8,11H,2-6,9-10H2,1H3,(H2,15,18,19). The molecule has 0 aliphatic carbocycles. The van der Waals surface area contributed by atoms with Gasteiger partial charge in [-0.05, 0) is 37.8 Å². The first-order chi connectivity index (χ1) is 9.91. The van der Waals surface area contributed by atoms with Gasteiger partial charge in [-0.2, -0.15) is 0 Å². The maximum Gasteiger partial charge on any atom is 0.247 e. The number of hydrogen-bond donors (Lipinski definition) is 1. The predicted octanol–water partition coefficient (Wildman–Crippen LogP) is 2.12. The molecule has 0 bridgehead atoms. The van der Waals surface area contributed by atoms with Crippen LogP contribution in [0.4, 0.5) is 0 Å². The van der Waals surface area contributed by atoms with Crippen LogP contribution in [-0.4, -0.2) is 31.8 Å². The van der Waals surface area contributed by atoms with Crippen molar-refractivity contribution in [2.75, 3.05) is 6.54 Å². The van der Waals surface area contributed by atoms with Crippen molar-refractivity contribution < 1.29 is 13.2 Å². The lowest BCUT2D eigenvalue weighted by atomic mass is 9.98. The highest BCUT2D eigenvalue weighted by atomic mass is 32.2. The number of rotatable bonds is 5. The smallest absolute Gasteiger partial charge is 0.247 e. The number of piperidine rings is 1. The highest BCUT2D eigenvalue weighted by Crippen LogP contribution is 2.24. The van der Waals surface area contributed by atoms with Gasteiger partial charge < -0.3 is 4.90 Å². The van der Waals surface area contributed by atoms with E-state index in [-0.39, 0.29) is 16.5 Å². The minimum Gasteiger partial charge on any atom is -0.339 e. The van der Waals surface area contributed by atoms with E-state index in [1.807, 2.05) is 4.90 Å². The van der Waals surface area contributed by atoms with Crippen LogP contribution < -0.4 is 5.14 Å². The minimum absolute atomic E-state index is 0.0935. The molecule has 1 unspecified atom stereocenters. The van der Waals surface area contributed by atoms with Gasteiger partial charge in [0, 0.05) is 17.5 Å². The molecule has 2 rings (SSSR count). The number of thiophene rings is 1. The van der Waals surface area contributed by atoms with Crippen LogP contribution in [0, 0.1) is 0 Å². The summed E-state index contributed by atoms with van der Waals surface area (Å²) in [6.07, 6.45) is 5.69. The summed E-state index contributed by atoms with van der Waals surface area (Å²) >= 11 is 1.09. The fraction of sp³-hybridized carbons (Fsp3) is 0.643. The van der Waals surface area contributed by atoms with Crippen LogP contribution in [0.3, 0.4) is 0 Å². The monoisotopic (exact) mass is 330 g/mol. The second-order valence-corrected chi connectivity index (χ2v) is 8.42. The number of primary sulfonamides is 1. The summed E-state index contributed by atoms with van der Waals surface area (Å²) < 4.78 is 22.6. The summed E-state index contributed by atoms with van der Waals surface area (Å²) in [6.45, 7) is 2.95. The van der Waals surface area contributed by atoms with Crippen molar-refractivity contribution in [3.8, 4) is 0 Å². The Morgan fingerprint density at radius 1 is 1.43 bits per heavy atom. The Hall–Kier alpha value is -0.920. The van der Waals surface area contributed by atoms with E-state index in [0.717, 1.165) is 48.4 Å². The molecule has 0 radical (unpaired) electrons. The molecular weight excluding hydrogens is 308 g/mol. The molecule has 1 aromatic rings. The normalized spacial score (nSPS) is 19.7. The van der Waals surface area contributed by atoms with Gasteiger partial charge in [-0.3, -0.25) is 4.79 Å². The molecule has 0 saturated carbocycles. The van der Waals surface area contributed by atoms with Gasteiger partial charge in [0.25, 0.3) is 0 Å². The van der Waals surface area contributed by atoms with Gasteiger partial charge in [0.15, 0.2) is 0 Å². The number of carbonyl (C=O) groups excluding carboxylic acids is 1. The van der Waals surface area contributed by atoms with Gasteiger partial charge in [0.05, 0.1) is 6.42 Å². The summed E-state index contributed by atoms with van der Waals surface area (Å²) in [5.41, 5.74) is 0. The van der Waals surface area contributed by atoms with Crippen molar-refractivity contribution in [3.05, 3.63) is 17.0 Å². The van der Waals surface area contributed by atoms with Crippen LogP contribution in [-0.2, 0) is 21.2 Å². The van der Waals surface area contributed by atoms with Crippen molar-refractivity contribution in [1.29, 1.82) is 0 Å². The molecule has 1 aromatic heterocycles. The lowest BCUT2D eigenvalue weighted by molar-refractivity contribution is -0.134. The lowest BCUT2D eigenvalue weighted by Crippen LogP contribution is -2.44. The number of sulfonamides is 1.